The molecule has 3 heterocycles. The van der Waals surface area contributed by atoms with E-state index in [-0.39, 0.29) is 16.8 Å². The van der Waals surface area contributed by atoms with Crippen LogP contribution < -0.4 is 10.3 Å². The Balaban J connectivity index is 1.80. The number of para-hydroxylation sites is 1. The van der Waals surface area contributed by atoms with E-state index in [1.54, 1.807) is 24.3 Å². The van der Waals surface area contributed by atoms with Gasteiger partial charge < -0.3 is 4.74 Å². The van der Waals surface area contributed by atoms with Gasteiger partial charge in [-0.1, -0.05) is 12.1 Å². The molecule has 0 bridgehead atoms. The number of halogens is 6. The lowest BCUT2D eigenvalue weighted by Crippen LogP contribution is -2.46. The number of fused-ring (bicyclic) bond motifs is 3. The Morgan fingerprint density at radius 3 is 2.35 bits per heavy atom. The fourth-order valence-corrected chi connectivity index (χ4v) is 3.13. The van der Waals surface area contributed by atoms with Crippen LogP contribution in [-0.2, 0) is 7.05 Å². The summed E-state index contributed by atoms with van der Waals surface area (Å²) < 4.78 is 83.6. The van der Waals surface area contributed by atoms with Crippen molar-refractivity contribution >= 4 is 16.6 Å². The quantitative estimate of drug-likeness (QED) is 0.448. The third kappa shape index (κ3) is 3.68. The second kappa shape index (κ2) is 7.00. The van der Waals surface area contributed by atoms with Crippen LogP contribution >= 0.6 is 0 Å². The minimum Gasteiger partial charge on any atom is -0.455 e. The molecule has 0 unspecified atom stereocenters. The molecule has 4 rings (SSSR count). The van der Waals surface area contributed by atoms with E-state index in [1.807, 2.05) is 0 Å². The minimum atomic E-state index is -5.67. The lowest BCUT2D eigenvalue weighted by molar-refractivity contribution is -0.300. The summed E-state index contributed by atoms with van der Waals surface area (Å²) in [5, 5.41) is 4.75. The lowest BCUT2D eigenvalue weighted by atomic mass is 10.2. The van der Waals surface area contributed by atoms with Crippen molar-refractivity contribution in [3.05, 3.63) is 59.0 Å². The molecule has 0 amide bonds. The van der Waals surface area contributed by atoms with Gasteiger partial charge in [0.2, 0.25) is 5.88 Å². The molecule has 4 aromatic rings. The Bertz CT molecular complexity index is 1330. The molecular formula is C19H12F6N4O2. The minimum absolute atomic E-state index is 0.160. The summed E-state index contributed by atoms with van der Waals surface area (Å²) in [4.78, 5) is 16.0. The van der Waals surface area contributed by atoms with Crippen LogP contribution in [0.15, 0.2) is 53.5 Å². The summed E-state index contributed by atoms with van der Waals surface area (Å²) in [6.45, 7) is 0. The largest absolute Gasteiger partial charge is 0.455 e. The molecule has 6 nitrogen and oxygen atoms in total. The molecule has 12 heteroatoms. The molecule has 162 valence electrons. The second-order valence-electron chi connectivity index (χ2n) is 6.64. The third-order valence-corrected chi connectivity index (χ3v) is 4.57. The zero-order valence-corrected chi connectivity index (χ0v) is 15.6. The van der Waals surface area contributed by atoms with Crippen molar-refractivity contribution in [2.45, 2.75) is 18.5 Å². The molecule has 0 saturated carbocycles. The Kier molecular flexibility index (Phi) is 4.67. The van der Waals surface area contributed by atoms with Gasteiger partial charge in [0.05, 0.1) is 16.6 Å². The van der Waals surface area contributed by atoms with Crippen molar-refractivity contribution in [1.29, 1.82) is 0 Å². The number of hydrogen-bond donors (Lipinski definition) is 0. The van der Waals surface area contributed by atoms with Gasteiger partial charge in [-0.25, -0.2) is 9.50 Å². The van der Waals surface area contributed by atoms with Crippen LogP contribution in [0.4, 0.5) is 26.3 Å². The average molecular weight is 442 g/mol. The molecule has 0 aliphatic rings. The van der Waals surface area contributed by atoms with E-state index in [0.717, 1.165) is 12.3 Å². The summed E-state index contributed by atoms with van der Waals surface area (Å²) in [7, 11) is 1.52. The smallest absolute Gasteiger partial charge is 0.434 e. The van der Waals surface area contributed by atoms with Crippen molar-refractivity contribution in [2.24, 2.45) is 7.05 Å². The Hall–Kier alpha value is -3.57. The summed E-state index contributed by atoms with van der Waals surface area (Å²) in [6, 6.07) is 10.4. The highest BCUT2D eigenvalue weighted by molar-refractivity contribution is 5.81. The molecule has 0 N–H and O–H groups in total. The van der Waals surface area contributed by atoms with Gasteiger partial charge >= 0.3 is 12.4 Å². The molecule has 0 spiro atoms. The van der Waals surface area contributed by atoms with E-state index in [4.69, 9.17) is 0 Å². The van der Waals surface area contributed by atoms with Gasteiger partial charge in [-0.2, -0.15) is 31.4 Å². The monoisotopic (exact) mass is 442 g/mol. The molecule has 0 fully saturated rings. The number of aryl methyl sites for hydroxylation is 1. The van der Waals surface area contributed by atoms with Gasteiger partial charge in [-0.3, -0.25) is 9.36 Å². The fourth-order valence-electron chi connectivity index (χ4n) is 3.13. The molecule has 3 aromatic heterocycles. The molecule has 0 radical (unpaired) electrons. The van der Waals surface area contributed by atoms with Gasteiger partial charge in [0, 0.05) is 30.9 Å². The number of benzene rings is 1. The number of ether oxygens (including phenoxy) is 1. The van der Waals surface area contributed by atoms with Gasteiger partial charge in [-0.05, 0) is 18.2 Å². The van der Waals surface area contributed by atoms with Crippen LogP contribution in [0.2, 0.25) is 0 Å². The maximum atomic E-state index is 12.8. The van der Waals surface area contributed by atoms with Crippen LogP contribution in [0.5, 0.6) is 5.88 Å². The number of alkyl halides is 6. The van der Waals surface area contributed by atoms with Gasteiger partial charge in [0.1, 0.15) is 5.65 Å². The summed E-state index contributed by atoms with van der Waals surface area (Å²) in [5.74, 6) is -0.868. The first kappa shape index (κ1) is 20.7. The SMILES string of the molecule is Cn1c(=O)c2ccccc2n2nc(-c3ccnc(OC(C(F)(F)F)C(F)(F)F)c3)cc12. The van der Waals surface area contributed by atoms with Crippen LogP contribution in [0.3, 0.4) is 0 Å². The number of hydrogen-bond acceptors (Lipinski definition) is 4. The van der Waals surface area contributed by atoms with Crippen LogP contribution in [0.25, 0.3) is 27.8 Å². The third-order valence-electron chi connectivity index (χ3n) is 4.57. The van der Waals surface area contributed by atoms with Crippen LogP contribution in [-0.4, -0.2) is 37.6 Å². The zero-order valence-electron chi connectivity index (χ0n) is 15.6. The van der Waals surface area contributed by atoms with Gasteiger partial charge in [0.15, 0.2) is 0 Å². The van der Waals surface area contributed by atoms with Crippen molar-refractivity contribution in [3.8, 4) is 17.1 Å². The highest BCUT2D eigenvalue weighted by Crippen LogP contribution is 2.36. The normalized spacial score (nSPS) is 12.8. The van der Waals surface area contributed by atoms with Crippen LogP contribution in [0, 0.1) is 0 Å². The van der Waals surface area contributed by atoms with E-state index in [0.29, 0.717) is 16.6 Å². The van der Waals surface area contributed by atoms with Crippen LogP contribution in [0.1, 0.15) is 0 Å². The number of aromatic nitrogens is 4. The maximum Gasteiger partial charge on any atom is 0.434 e. The predicted octanol–water partition coefficient (Wildman–Crippen LogP) is 4.12. The van der Waals surface area contributed by atoms with Gasteiger partial charge in [-0.15, -0.1) is 0 Å². The molecule has 31 heavy (non-hydrogen) atoms. The molecule has 0 aliphatic heterocycles. The Morgan fingerprint density at radius 1 is 1.00 bits per heavy atom. The summed E-state index contributed by atoms with van der Waals surface area (Å²) >= 11 is 0. The second-order valence-corrected chi connectivity index (χ2v) is 6.64. The van der Waals surface area contributed by atoms with E-state index in [9.17, 15) is 31.1 Å². The number of nitrogens with zero attached hydrogens (tertiary/aromatic N) is 4. The zero-order chi connectivity index (χ0) is 22.6. The predicted molar refractivity (Wildman–Crippen MR) is 97.7 cm³/mol. The lowest BCUT2D eigenvalue weighted by Gasteiger charge is -2.23. The maximum absolute atomic E-state index is 12.8. The number of rotatable bonds is 3. The first-order valence-corrected chi connectivity index (χ1v) is 8.71. The van der Waals surface area contributed by atoms with Crippen molar-refractivity contribution in [3.63, 3.8) is 0 Å². The molecule has 0 atom stereocenters. The van der Waals surface area contributed by atoms with Crippen molar-refractivity contribution in [2.75, 3.05) is 0 Å². The first-order valence-electron chi connectivity index (χ1n) is 8.71. The van der Waals surface area contributed by atoms with E-state index in [1.165, 1.54) is 28.3 Å². The molecule has 0 aliphatic carbocycles. The first-order chi connectivity index (χ1) is 14.5. The summed E-state index contributed by atoms with van der Waals surface area (Å²) in [6.07, 6.45) is -14.4. The molecular weight excluding hydrogens is 430 g/mol. The Labute approximate surface area is 169 Å². The molecule has 0 saturated heterocycles. The van der Waals surface area contributed by atoms with Gasteiger partial charge in [0.25, 0.3) is 11.7 Å². The number of pyridine rings is 1. The topological polar surface area (TPSA) is 61.4 Å². The standard InChI is InChI=1S/C19H12F6N4O2/c1-28-15-9-12(27-29(15)13-5-3-2-4-11(13)16(28)30)10-6-7-26-14(8-10)31-17(18(20,21)22)19(23,24)25/h2-9,17H,1H3. The van der Waals surface area contributed by atoms with E-state index in [2.05, 4.69) is 14.8 Å². The Morgan fingerprint density at radius 2 is 1.68 bits per heavy atom. The highest BCUT2D eigenvalue weighted by atomic mass is 19.4. The van der Waals surface area contributed by atoms with E-state index >= 15 is 0 Å². The van der Waals surface area contributed by atoms with Crippen molar-refractivity contribution < 1.29 is 31.1 Å². The highest BCUT2D eigenvalue weighted by Gasteiger charge is 2.59. The van der Waals surface area contributed by atoms with Crippen molar-refractivity contribution in [1.82, 2.24) is 19.2 Å². The average Bonchev–Trinajstić information content (AvgIpc) is 3.15. The molecule has 1 aromatic carbocycles. The fraction of sp³-hybridized carbons (Fsp3) is 0.211. The van der Waals surface area contributed by atoms with E-state index < -0.39 is 24.3 Å². The summed E-state index contributed by atoms with van der Waals surface area (Å²) in [5.41, 5.74) is 0.946.